The van der Waals surface area contributed by atoms with E-state index in [1.54, 1.807) is 22.8 Å². The maximum absolute atomic E-state index is 12.3. The number of carbonyl (C=O) groups excluding carboxylic acids is 1. The third kappa shape index (κ3) is 4.31. The first-order chi connectivity index (χ1) is 12.5. The second-order valence-corrected chi connectivity index (χ2v) is 6.24. The number of nitrogens with zero attached hydrogens (tertiary/aromatic N) is 4. The zero-order chi connectivity index (χ0) is 18.5. The first-order valence-electron chi connectivity index (χ1n) is 8.04. The Morgan fingerprint density at radius 2 is 2.08 bits per heavy atom. The number of carbonyl (C=O) groups is 1. The van der Waals surface area contributed by atoms with Crippen molar-refractivity contribution >= 4 is 18.1 Å². The summed E-state index contributed by atoms with van der Waals surface area (Å²) in [5.74, 6) is -0.0823. The summed E-state index contributed by atoms with van der Waals surface area (Å²) in [6, 6.07) is 9.75. The van der Waals surface area contributed by atoms with E-state index >= 15 is 0 Å². The molecule has 0 atom stereocenters. The highest BCUT2D eigenvalue weighted by atomic mass is 32.1. The van der Waals surface area contributed by atoms with Crippen molar-refractivity contribution < 1.29 is 4.79 Å². The summed E-state index contributed by atoms with van der Waals surface area (Å²) >= 11 is 4.79. The van der Waals surface area contributed by atoms with Gasteiger partial charge in [0.25, 0.3) is 5.56 Å². The van der Waals surface area contributed by atoms with E-state index in [1.807, 2.05) is 36.5 Å². The van der Waals surface area contributed by atoms with E-state index in [-0.39, 0.29) is 34.8 Å². The topological polar surface area (TPSA) is 99.7 Å². The predicted octanol–water partition coefficient (Wildman–Crippen LogP) is 1.60. The number of amides is 1. The molecular weight excluding hydrogens is 352 g/mol. The van der Waals surface area contributed by atoms with Gasteiger partial charge in [-0.2, -0.15) is 10.2 Å². The van der Waals surface area contributed by atoms with Crippen molar-refractivity contribution in [3.05, 3.63) is 69.1 Å². The molecule has 0 aliphatic heterocycles. The maximum Gasteiger partial charge on any atom is 0.273 e. The second-order valence-electron chi connectivity index (χ2n) is 5.83. The zero-order valence-electron chi connectivity index (χ0n) is 14.2. The molecule has 3 aromatic rings. The molecule has 0 spiro atoms. The highest BCUT2D eigenvalue weighted by Crippen LogP contribution is 2.10. The number of benzene rings is 1. The molecule has 0 aliphatic rings. The normalized spacial score (nSPS) is 10.7. The Morgan fingerprint density at radius 1 is 1.31 bits per heavy atom. The van der Waals surface area contributed by atoms with Crippen LogP contribution in [0.15, 0.2) is 47.5 Å². The molecule has 0 radical (unpaired) electrons. The monoisotopic (exact) mass is 370 g/mol. The van der Waals surface area contributed by atoms with Gasteiger partial charge in [-0.3, -0.25) is 19.7 Å². The first-order valence-corrected chi connectivity index (χ1v) is 8.44. The van der Waals surface area contributed by atoms with Crippen LogP contribution in [0.4, 0.5) is 0 Å². The molecule has 8 nitrogen and oxygen atoms in total. The lowest BCUT2D eigenvalue weighted by Crippen LogP contribution is -2.27. The quantitative estimate of drug-likeness (QED) is 0.642. The predicted molar refractivity (Wildman–Crippen MR) is 98.4 cm³/mol. The Kier molecular flexibility index (Phi) is 5.37. The van der Waals surface area contributed by atoms with Gasteiger partial charge >= 0.3 is 0 Å². The number of H-pyrrole nitrogens is 2. The van der Waals surface area contributed by atoms with Gasteiger partial charge < -0.3 is 4.90 Å². The molecule has 9 heteroatoms. The highest BCUT2D eigenvalue weighted by molar-refractivity contribution is 7.71. The maximum atomic E-state index is 12.3. The lowest BCUT2D eigenvalue weighted by atomic mass is 10.2. The van der Waals surface area contributed by atoms with E-state index in [4.69, 9.17) is 12.2 Å². The van der Waals surface area contributed by atoms with Crippen molar-refractivity contribution in [1.82, 2.24) is 29.9 Å². The number of hydrogen-bond acceptors (Lipinski definition) is 5. The van der Waals surface area contributed by atoms with Gasteiger partial charge in [0.15, 0.2) is 4.77 Å². The number of rotatable bonds is 6. The molecule has 1 aromatic carbocycles. The van der Waals surface area contributed by atoms with Crippen molar-refractivity contribution in [2.45, 2.75) is 19.4 Å². The van der Waals surface area contributed by atoms with Crippen LogP contribution in [0, 0.1) is 4.77 Å². The largest absolute Gasteiger partial charge is 0.341 e. The van der Waals surface area contributed by atoms with Gasteiger partial charge in [0.1, 0.15) is 5.69 Å². The zero-order valence-corrected chi connectivity index (χ0v) is 15.0. The fraction of sp³-hybridized carbons (Fsp3) is 0.235. The Balaban J connectivity index is 1.58. The molecule has 0 saturated heterocycles. The minimum absolute atomic E-state index is 0.0823. The molecule has 0 aliphatic carbocycles. The molecule has 1 amide bonds. The highest BCUT2D eigenvalue weighted by Gasteiger charge is 2.13. The van der Waals surface area contributed by atoms with Crippen LogP contribution < -0.4 is 5.56 Å². The Labute approximate surface area is 154 Å². The molecular formula is C17H18N6O2S. The number of nitrogens with one attached hydrogen (secondary N) is 2. The van der Waals surface area contributed by atoms with Gasteiger partial charge in [-0.15, -0.1) is 0 Å². The molecule has 3 rings (SSSR count). The van der Waals surface area contributed by atoms with Crippen molar-refractivity contribution in [2.24, 2.45) is 0 Å². The van der Waals surface area contributed by atoms with Crippen LogP contribution in [-0.2, 0) is 17.8 Å². The van der Waals surface area contributed by atoms with E-state index in [1.165, 1.54) is 0 Å². The van der Waals surface area contributed by atoms with Crippen LogP contribution in [-0.4, -0.2) is 42.8 Å². The van der Waals surface area contributed by atoms with Crippen LogP contribution >= 0.6 is 12.2 Å². The van der Waals surface area contributed by atoms with Gasteiger partial charge in [0.2, 0.25) is 5.91 Å². The number of para-hydroxylation sites is 1. The number of aromatic nitrogens is 5. The van der Waals surface area contributed by atoms with Crippen LogP contribution in [0.25, 0.3) is 5.69 Å². The third-order valence-electron chi connectivity index (χ3n) is 3.86. The van der Waals surface area contributed by atoms with Gasteiger partial charge in [0, 0.05) is 38.2 Å². The van der Waals surface area contributed by atoms with Gasteiger partial charge in [0.05, 0.1) is 11.9 Å². The molecule has 0 fully saturated rings. The SMILES string of the molecule is CN(Cc1cnn(-c2ccccc2)c1)C(=O)CCc1n[nH]c(=S)[nH]c1=O. The number of aryl methyl sites for hydroxylation is 1. The molecule has 26 heavy (non-hydrogen) atoms. The molecule has 134 valence electrons. The summed E-state index contributed by atoms with van der Waals surface area (Å²) < 4.78 is 1.93. The van der Waals surface area contributed by atoms with Crippen LogP contribution in [0.1, 0.15) is 17.7 Å². The Hall–Kier alpha value is -3.07. The molecule has 0 bridgehead atoms. The smallest absolute Gasteiger partial charge is 0.273 e. The van der Waals surface area contributed by atoms with Gasteiger partial charge in [-0.1, -0.05) is 18.2 Å². The van der Waals surface area contributed by atoms with Crippen LogP contribution in [0.3, 0.4) is 0 Å². The summed E-state index contributed by atoms with van der Waals surface area (Å²) in [5, 5.41) is 10.7. The molecule has 2 N–H and O–H groups in total. The van der Waals surface area contributed by atoms with E-state index in [9.17, 15) is 9.59 Å². The van der Waals surface area contributed by atoms with Crippen LogP contribution in [0.2, 0.25) is 0 Å². The van der Waals surface area contributed by atoms with Crippen molar-refractivity contribution in [3.63, 3.8) is 0 Å². The Morgan fingerprint density at radius 3 is 2.81 bits per heavy atom. The second kappa shape index (κ2) is 7.87. The summed E-state index contributed by atoms with van der Waals surface area (Å²) in [4.78, 5) is 28.1. The average molecular weight is 370 g/mol. The van der Waals surface area contributed by atoms with Gasteiger partial charge in [-0.05, 0) is 24.4 Å². The third-order valence-corrected chi connectivity index (χ3v) is 4.05. The lowest BCUT2D eigenvalue weighted by molar-refractivity contribution is -0.130. The molecule has 2 aromatic heterocycles. The fourth-order valence-corrected chi connectivity index (χ4v) is 2.62. The molecule has 0 saturated carbocycles. The number of hydrogen-bond donors (Lipinski definition) is 2. The molecule has 2 heterocycles. The minimum atomic E-state index is -0.367. The van der Waals surface area contributed by atoms with Crippen molar-refractivity contribution in [2.75, 3.05) is 7.05 Å². The lowest BCUT2D eigenvalue weighted by Gasteiger charge is -2.15. The average Bonchev–Trinajstić information content (AvgIpc) is 3.10. The standard InChI is InChI=1S/C17H18N6O2S/c1-22(15(24)8-7-14-16(25)19-17(26)21-20-14)10-12-9-18-23(11-12)13-5-3-2-4-6-13/h2-6,9,11H,7-8,10H2,1H3,(H2,19,21,25,26). The van der Waals surface area contributed by atoms with Crippen molar-refractivity contribution in [3.8, 4) is 5.69 Å². The number of aromatic amines is 2. The first kappa shape index (κ1) is 17.7. The van der Waals surface area contributed by atoms with E-state index in [2.05, 4.69) is 20.3 Å². The fourth-order valence-electron chi connectivity index (χ4n) is 2.48. The summed E-state index contributed by atoms with van der Waals surface area (Å²) in [5.41, 5.74) is 1.77. The van der Waals surface area contributed by atoms with Gasteiger partial charge in [-0.25, -0.2) is 4.68 Å². The minimum Gasteiger partial charge on any atom is -0.341 e. The van der Waals surface area contributed by atoms with E-state index < -0.39 is 0 Å². The summed E-state index contributed by atoms with van der Waals surface area (Å²) in [7, 11) is 1.72. The van der Waals surface area contributed by atoms with Crippen LogP contribution in [0.5, 0.6) is 0 Å². The van der Waals surface area contributed by atoms with Crippen molar-refractivity contribution in [1.29, 1.82) is 0 Å². The van der Waals surface area contributed by atoms with E-state index in [0.29, 0.717) is 6.54 Å². The summed E-state index contributed by atoms with van der Waals surface area (Å²) in [6.45, 7) is 0.437. The van der Waals surface area contributed by atoms with E-state index in [0.717, 1.165) is 11.3 Å². The summed E-state index contributed by atoms with van der Waals surface area (Å²) in [6.07, 6.45) is 4.06. The Bertz CT molecular complexity index is 1010. The molecule has 0 unspecified atom stereocenters.